The molecule has 14 heavy (non-hydrogen) atoms. The van der Waals surface area contributed by atoms with Crippen molar-refractivity contribution in [2.75, 3.05) is 25.6 Å². The third-order valence-electron chi connectivity index (χ3n) is 3.48. The van der Waals surface area contributed by atoms with Crippen LogP contribution in [0.15, 0.2) is 0 Å². The van der Waals surface area contributed by atoms with E-state index in [-0.39, 0.29) is 0 Å². The monoisotopic (exact) mass is 217 g/mol. The quantitative estimate of drug-likeness (QED) is 0.658. The number of halogens is 1. The van der Waals surface area contributed by atoms with E-state index in [2.05, 4.69) is 4.90 Å². The molecule has 2 unspecified atom stereocenters. The van der Waals surface area contributed by atoms with E-state index in [1.54, 1.807) is 0 Å². The summed E-state index contributed by atoms with van der Waals surface area (Å²) in [5.41, 5.74) is 0. The first-order chi connectivity index (χ1) is 6.92. The molecule has 0 radical (unpaired) electrons. The van der Waals surface area contributed by atoms with Crippen LogP contribution in [0.2, 0.25) is 0 Å². The summed E-state index contributed by atoms with van der Waals surface area (Å²) in [6, 6.07) is 1.25. The van der Waals surface area contributed by atoms with Crippen molar-refractivity contribution in [1.82, 2.24) is 4.90 Å². The largest absolute Gasteiger partial charge is 0.380 e. The third-order valence-corrected chi connectivity index (χ3v) is 3.83. The summed E-state index contributed by atoms with van der Waals surface area (Å²) in [6.45, 7) is 3.09. The second-order valence-corrected chi connectivity index (χ2v) is 4.72. The number of likely N-dealkylation sites (tertiary alicyclic amines) is 1. The van der Waals surface area contributed by atoms with E-state index in [4.69, 9.17) is 16.3 Å². The number of ether oxygens (including phenoxy) is 1. The van der Waals surface area contributed by atoms with Crippen LogP contribution in [0.3, 0.4) is 0 Å². The van der Waals surface area contributed by atoms with Crippen LogP contribution in [-0.2, 0) is 4.74 Å². The van der Waals surface area contributed by atoms with Gasteiger partial charge in [0.05, 0.1) is 6.61 Å². The van der Waals surface area contributed by atoms with E-state index in [1.165, 1.54) is 38.6 Å². The first kappa shape index (κ1) is 10.7. The van der Waals surface area contributed by atoms with E-state index in [1.807, 2.05) is 0 Å². The Kier molecular flexibility index (Phi) is 4.09. The molecule has 2 saturated heterocycles. The maximum absolute atomic E-state index is 6.04. The van der Waals surface area contributed by atoms with Crippen molar-refractivity contribution in [3.8, 4) is 0 Å². The molecule has 2 atom stereocenters. The lowest BCUT2D eigenvalue weighted by Crippen LogP contribution is -2.44. The van der Waals surface area contributed by atoms with Crippen LogP contribution in [0.5, 0.6) is 0 Å². The predicted molar refractivity (Wildman–Crippen MR) is 58.9 cm³/mol. The molecule has 0 spiro atoms. The first-order valence-electron chi connectivity index (χ1n) is 5.81. The van der Waals surface area contributed by atoms with Crippen molar-refractivity contribution in [2.45, 2.75) is 44.2 Å². The van der Waals surface area contributed by atoms with Gasteiger partial charge in [-0.2, -0.15) is 0 Å². The lowest BCUT2D eigenvalue weighted by molar-refractivity contribution is 0.118. The summed E-state index contributed by atoms with van der Waals surface area (Å²) < 4.78 is 5.46. The highest BCUT2D eigenvalue weighted by atomic mass is 35.5. The summed E-state index contributed by atoms with van der Waals surface area (Å²) in [5.74, 6) is 0.788. The highest BCUT2D eigenvalue weighted by Crippen LogP contribution is 2.23. The van der Waals surface area contributed by atoms with Crippen molar-refractivity contribution < 1.29 is 4.74 Å². The van der Waals surface area contributed by atoms with Gasteiger partial charge in [0.2, 0.25) is 0 Å². The lowest BCUT2D eigenvalue weighted by atomic mass is 10.1. The van der Waals surface area contributed by atoms with E-state index in [0.717, 1.165) is 19.1 Å². The number of alkyl halides is 1. The number of hydrogen-bond donors (Lipinski definition) is 0. The maximum atomic E-state index is 6.04. The van der Waals surface area contributed by atoms with Gasteiger partial charge in [0.15, 0.2) is 0 Å². The molecular formula is C11H20ClNO. The summed E-state index contributed by atoms with van der Waals surface area (Å²) in [6.07, 6.45) is 6.54. The molecule has 3 heteroatoms. The minimum Gasteiger partial charge on any atom is -0.380 e. The lowest BCUT2D eigenvalue weighted by Gasteiger charge is -2.33. The van der Waals surface area contributed by atoms with Gasteiger partial charge in [0.25, 0.3) is 0 Å². The van der Waals surface area contributed by atoms with Crippen LogP contribution in [0, 0.1) is 0 Å². The molecule has 2 rings (SSSR count). The minimum absolute atomic E-state index is 0.603. The highest BCUT2D eigenvalue weighted by Gasteiger charge is 2.29. The number of rotatable bonds is 2. The molecule has 0 aromatic rings. The smallest absolute Gasteiger partial charge is 0.0622 e. The fraction of sp³-hybridized carbons (Fsp3) is 1.00. The van der Waals surface area contributed by atoms with Crippen LogP contribution >= 0.6 is 11.6 Å². The zero-order valence-electron chi connectivity index (χ0n) is 8.75. The summed E-state index contributed by atoms with van der Waals surface area (Å²) in [4.78, 5) is 2.60. The molecule has 2 nitrogen and oxygen atoms in total. The van der Waals surface area contributed by atoms with Crippen LogP contribution in [0.1, 0.15) is 32.1 Å². The van der Waals surface area contributed by atoms with E-state index >= 15 is 0 Å². The van der Waals surface area contributed by atoms with Gasteiger partial charge in [0, 0.05) is 24.6 Å². The first-order valence-corrected chi connectivity index (χ1v) is 6.34. The van der Waals surface area contributed by atoms with Gasteiger partial charge in [-0.1, -0.05) is 12.8 Å². The zero-order chi connectivity index (χ0) is 9.80. The summed E-state index contributed by atoms with van der Waals surface area (Å²) in [5, 5.41) is 0. The molecule has 0 aromatic heterocycles. The molecule has 82 valence electrons. The Morgan fingerprint density at radius 2 is 2.14 bits per heavy atom. The van der Waals surface area contributed by atoms with Crippen molar-refractivity contribution in [1.29, 1.82) is 0 Å². The fourth-order valence-corrected chi connectivity index (χ4v) is 2.96. The van der Waals surface area contributed by atoms with Gasteiger partial charge in [-0.05, 0) is 25.8 Å². The van der Waals surface area contributed by atoms with Crippen LogP contribution in [-0.4, -0.2) is 42.6 Å². The van der Waals surface area contributed by atoms with Gasteiger partial charge in [-0.25, -0.2) is 0 Å². The molecular weight excluding hydrogens is 198 g/mol. The van der Waals surface area contributed by atoms with Gasteiger partial charge in [-0.3, -0.25) is 4.90 Å². The Labute approximate surface area is 91.6 Å². The second-order valence-electron chi connectivity index (χ2n) is 4.41. The average molecular weight is 218 g/mol. The standard InChI is InChI=1S/C11H20ClNO/c12-8-10-4-2-1-3-6-13(10)11-5-7-14-9-11/h10-11H,1-9H2. The van der Waals surface area contributed by atoms with E-state index in [0.29, 0.717) is 12.1 Å². The molecule has 2 aliphatic heterocycles. The van der Waals surface area contributed by atoms with Crippen LogP contribution in [0.4, 0.5) is 0 Å². The highest BCUT2D eigenvalue weighted by molar-refractivity contribution is 6.18. The molecule has 0 bridgehead atoms. The van der Waals surface area contributed by atoms with Gasteiger partial charge in [-0.15, -0.1) is 11.6 Å². The van der Waals surface area contributed by atoms with Crippen molar-refractivity contribution in [3.05, 3.63) is 0 Å². The molecule has 0 saturated carbocycles. The minimum atomic E-state index is 0.603. The van der Waals surface area contributed by atoms with Crippen LogP contribution < -0.4 is 0 Å². The molecule has 0 aliphatic carbocycles. The van der Waals surface area contributed by atoms with Gasteiger partial charge >= 0.3 is 0 Å². The third kappa shape index (κ3) is 2.41. The molecule has 2 heterocycles. The maximum Gasteiger partial charge on any atom is 0.0622 e. The Balaban J connectivity index is 1.96. The molecule has 0 N–H and O–H groups in total. The molecule has 0 aromatic carbocycles. The van der Waals surface area contributed by atoms with Crippen molar-refractivity contribution in [2.24, 2.45) is 0 Å². The molecule has 2 fully saturated rings. The molecule has 0 amide bonds. The van der Waals surface area contributed by atoms with Crippen molar-refractivity contribution in [3.63, 3.8) is 0 Å². The Bertz CT molecular complexity index is 171. The number of nitrogens with zero attached hydrogens (tertiary/aromatic N) is 1. The summed E-state index contributed by atoms with van der Waals surface area (Å²) >= 11 is 6.04. The number of hydrogen-bond acceptors (Lipinski definition) is 2. The van der Waals surface area contributed by atoms with Crippen LogP contribution in [0.25, 0.3) is 0 Å². The molecule has 2 aliphatic rings. The van der Waals surface area contributed by atoms with Crippen molar-refractivity contribution >= 4 is 11.6 Å². The zero-order valence-corrected chi connectivity index (χ0v) is 9.51. The predicted octanol–water partition coefficient (Wildman–Crippen LogP) is 2.26. The van der Waals surface area contributed by atoms with Gasteiger partial charge in [0.1, 0.15) is 0 Å². The Morgan fingerprint density at radius 1 is 1.21 bits per heavy atom. The summed E-state index contributed by atoms with van der Waals surface area (Å²) in [7, 11) is 0. The Morgan fingerprint density at radius 3 is 2.86 bits per heavy atom. The Hall–Kier alpha value is 0.210. The van der Waals surface area contributed by atoms with E-state index < -0.39 is 0 Å². The van der Waals surface area contributed by atoms with Gasteiger partial charge < -0.3 is 4.74 Å². The SMILES string of the molecule is ClCC1CCCCCN1C1CCOC1. The normalized spacial score (nSPS) is 35.8. The van der Waals surface area contributed by atoms with E-state index in [9.17, 15) is 0 Å². The average Bonchev–Trinajstić information content (AvgIpc) is 2.63. The second kappa shape index (κ2) is 5.34. The fourth-order valence-electron chi connectivity index (χ4n) is 2.63. The topological polar surface area (TPSA) is 12.5 Å².